The maximum absolute atomic E-state index is 12.6. The van der Waals surface area contributed by atoms with E-state index >= 15 is 0 Å². The Morgan fingerprint density at radius 3 is 2.33 bits per heavy atom. The highest BCUT2D eigenvalue weighted by molar-refractivity contribution is 6.03. The zero-order valence-electron chi connectivity index (χ0n) is 22.0. The van der Waals surface area contributed by atoms with Crippen LogP contribution in [0.15, 0.2) is 72.8 Å². The molecular formula is C33H30N2O4. The Labute approximate surface area is 228 Å². The Kier molecular flexibility index (Phi) is 8.55. The normalized spacial score (nSPS) is 13.9. The predicted molar refractivity (Wildman–Crippen MR) is 154 cm³/mol. The number of amides is 1. The van der Waals surface area contributed by atoms with Gasteiger partial charge in [-0.2, -0.15) is 0 Å². The number of terminal acetylenes is 1. The van der Waals surface area contributed by atoms with Gasteiger partial charge in [-0.25, -0.2) is 10.5 Å². The number of hydrogen-bond donors (Lipinski definition) is 2. The number of benzene rings is 2. The number of pyridine rings is 1. The van der Waals surface area contributed by atoms with Gasteiger partial charge in [-0.05, 0) is 36.1 Å². The molecule has 1 amide bonds. The third kappa shape index (κ3) is 6.06. The number of ether oxygens (including phenoxy) is 1. The van der Waals surface area contributed by atoms with Crippen molar-refractivity contribution in [2.75, 3.05) is 7.11 Å². The summed E-state index contributed by atoms with van der Waals surface area (Å²) < 4.78 is 5.60. The first kappa shape index (κ1) is 27.3. The zero-order chi connectivity index (χ0) is 27.9. The lowest BCUT2D eigenvalue weighted by Crippen LogP contribution is -2.22. The van der Waals surface area contributed by atoms with E-state index in [0.717, 1.165) is 23.1 Å². The van der Waals surface area contributed by atoms with Gasteiger partial charge in [0.15, 0.2) is 5.75 Å². The molecule has 0 spiro atoms. The van der Waals surface area contributed by atoms with Crippen LogP contribution in [-0.2, 0) is 11.2 Å². The molecule has 2 N–H and O–H groups in total. The number of nitrogens with one attached hydrogen (secondary N) is 1. The lowest BCUT2D eigenvalue weighted by atomic mass is 9.97. The van der Waals surface area contributed by atoms with Crippen LogP contribution < -0.4 is 10.2 Å². The van der Waals surface area contributed by atoms with Gasteiger partial charge in [0, 0.05) is 23.5 Å². The number of hydrogen-bond acceptors (Lipinski definition) is 5. The SMILES string of the molecule is C#CCC(=O)CC1=CC1Cc1ccc(-c2ccc(-c3nc(/C=C\C)c(C=C)c(C(=O)NO)c3OC)cc2)cc1. The summed E-state index contributed by atoms with van der Waals surface area (Å²) in [7, 11) is 1.46. The van der Waals surface area contributed by atoms with E-state index < -0.39 is 5.91 Å². The van der Waals surface area contributed by atoms with E-state index in [2.05, 4.69) is 42.8 Å². The maximum Gasteiger partial charge on any atom is 0.279 e. The minimum Gasteiger partial charge on any atom is -0.494 e. The number of carbonyl (C=O) groups excluding carboxylic acids is 2. The van der Waals surface area contributed by atoms with E-state index in [9.17, 15) is 14.8 Å². The average molecular weight is 519 g/mol. The minimum absolute atomic E-state index is 0.0976. The van der Waals surface area contributed by atoms with Crippen molar-refractivity contribution in [1.29, 1.82) is 0 Å². The van der Waals surface area contributed by atoms with Crippen molar-refractivity contribution >= 4 is 23.8 Å². The molecule has 6 nitrogen and oxygen atoms in total. The molecule has 1 aromatic heterocycles. The highest BCUT2D eigenvalue weighted by atomic mass is 16.5. The Morgan fingerprint density at radius 1 is 1.13 bits per heavy atom. The molecule has 2 aromatic carbocycles. The van der Waals surface area contributed by atoms with Crippen molar-refractivity contribution in [3.63, 3.8) is 0 Å². The molecule has 6 heteroatoms. The maximum atomic E-state index is 12.6. The van der Waals surface area contributed by atoms with Crippen LogP contribution in [-0.4, -0.2) is 29.0 Å². The van der Waals surface area contributed by atoms with E-state index in [1.54, 1.807) is 11.6 Å². The number of aromatic nitrogens is 1. The van der Waals surface area contributed by atoms with Crippen molar-refractivity contribution in [3.05, 3.63) is 95.2 Å². The Bertz CT molecular complexity index is 1510. The van der Waals surface area contributed by atoms with E-state index in [4.69, 9.17) is 16.1 Å². The van der Waals surface area contributed by atoms with Crippen molar-refractivity contribution in [1.82, 2.24) is 10.5 Å². The fraction of sp³-hybridized carbons (Fsp3) is 0.182. The summed E-state index contributed by atoms with van der Waals surface area (Å²) in [5.74, 6) is 2.39. The van der Waals surface area contributed by atoms with Gasteiger partial charge >= 0.3 is 0 Å². The second-order valence-electron chi connectivity index (χ2n) is 9.24. The molecule has 1 atom stereocenters. The topological polar surface area (TPSA) is 88.5 Å². The van der Waals surface area contributed by atoms with E-state index in [1.165, 1.54) is 24.3 Å². The van der Waals surface area contributed by atoms with Crippen LogP contribution >= 0.6 is 0 Å². The van der Waals surface area contributed by atoms with Gasteiger partial charge in [-0.3, -0.25) is 14.8 Å². The number of hydroxylamine groups is 1. The van der Waals surface area contributed by atoms with Crippen LogP contribution in [0, 0.1) is 18.3 Å². The Balaban J connectivity index is 1.56. The van der Waals surface area contributed by atoms with Crippen LogP contribution in [0.4, 0.5) is 0 Å². The van der Waals surface area contributed by atoms with Gasteiger partial charge in [0.2, 0.25) is 0 Å². The van der Waals surface area contributed by atoms with Crippen molar-refractivity contribution in [3.8, 4) is 40.5 Å². The van der Waals surface area contributed by atoms with Gasteiger partial charge in [-0.1, -0.05) is 84.8 Å². The predicted octanol–water partition coefficient (Wildman–Crippen LogP) is 6.30. The molecule has 196 valence electrons. The average Bonchev–Trinajstić information content (AvgIpc) is 3.69. The Hall–Kier alpha value is -4.73. The smallest absolute Gasteiger partial charge is 0.279 e. The monoisotopic (exact) mass is 518 g/mol. The summed E-state index contributed by atoms with van der Waals surface area (Å²) in [4.78, 5) is 29.1. The van der Waals surface area contributed by atoms with E-state index in [0.29, 0.717) is 29.3 Å². The molecule has 0 saturated carbocycles. The number of carbonyl (C=O) groups is 2. The first-order valence-corrected chi connectivity index (χ1v) is 12.6. The molecule has 39 heavy (non-hydrogen) atoms. The second-order valence-corrected chi connectivity index (χ2v) is 9.24. The van der Waals surface area contributed by atoms with Crippen LogP contribution in [0.3, 0.4) is 0 Å². The molecule has 0 bridgehead atoms. The summed E-state index contributed by atoms with van der Waals surface area (Å²) >= 11 is 0. The third-order valence-electron chi connectivity index (χ3n) is 6.67. The minimum atomic E-state index is -0.708. The lowest BCUT2D eigenvalue weighted by molar-refractivity contribution is -0.117. The molecule has 1 unspecified atom stereocenters. The number of allylic oxidation sites excluding steroid dienone is 3. The van der Waals surface area contributed by atoms with Crippen LogP contribution in [0.2, 0.25) is 0 Å². The largest absolute Gasteiger partial charge is 0.494 e. The summed E-state index contributed by atoms with van der Waals surface area (Å²) in [6.07, 6.45) is 14.0. The molecule has 0 saturated heterocycles. The summed E-state index contributed by atoms with van der Waals surface area (Å²) in [5.41, 5.74) is 8.57. The fourth-order valence-corrected chi connectivity index (χ4v) is 4.67. The molecule has 4 rings (SSSR count). The van der Waals surface area contributed by atoms with Crippen molar-refractivity contribution in [2.24, 2.45) is 5.92 Å². The van der Waals surface area contributed by atoms with Gasteiger partial charge in [0.05, 0.1) is 24.8 Å². The molecule has 0 aliphatic heterocycles. The van der Waals surface area contributed by atoms with Gasteiger partial charge in [-0.15, -0.1) is 6.42 Å². The number of methoxy groups -OCH3 is 1. The molecular weight excluding hydrogens is 488 g/mol. The summed E-state index contributed by atoms with van der Waals surface area (Å²) in [6, 6.07) is 16.2. The van der Waals surface area contributed by atoms with Gasteiger partial charge in [0.1, 0.15) is 11.5 Å². The lowest BCUT2D eigenvalue weighted by Gasteiger charge is -2.17. The number of ketones is 1. The van der Waals surface area contributed by atoms with Crippen LogP contribution in [0.1, 0.15) is 46.9 Å². The van der Waals surface area contributed by atoms with Crippen molar-refractivity contribution in [2.45, 2.75) is 26.2 Å². The Morgan fingerprint density at radius 2 is 1.77 bits per heavy atom. The second kappa shape index (κ2) is 12.2. The number of Topliss-reactive ketones (excluding diaryl/α,β-unsaturated/α-hetero) is 1. The molecule has 0 radical (unpaired) electrons. The molecule has 1 aliphatic carbocycles. The van der Waals surface area contributed by atoms with Gasteiger partial charge in [0.25, 0.3) is 5.91 Å². The molecule has 1 aliphatic rings. The quantitative estimate of drug-likeness (QED) is 0.135. The van der Waals surface area contributed by atoms with Crippen molar-refractivity contribution < 1.29 is 19.5 Å². The zero-order valence-corrected chi connectivity index (χ0v) is 22.0. The van der Waals surface area contributed by atoms with Gasteiger partial charge < -0.3 is 4.74 Å². The molecule has 1 heterocycles. The summed E-state index contributed by atoms with van der Waals surface area (Å²) in [5, 5.41) is 9.36. The first-order valence-electron chi connectivity index (χ1n) is 12.6. The number of nitrogens with zero attached hydrogens (tertiary/aromatic N) is 1. The summed E-state index contributed by atoms with van der Waals surface area (Å²) in [6.45, 7) is 5.66. The standard InChI is InChI=1S/C33H30N2O4/c1-5-8-27(36)20-26-19-25(26)18-21-10-12-22(13-11-21)23-14-16-24(17-15-23)31-32(39-4)30(33(37)35-38)28(7-3)29(34-31)9-6-2/h1,6-7,9-17,19,25,38H,3,8,18,20H2,2,4H3,(H,35,37)/b9-6-. The number of rotatable bonds is 11. The third-order valence-corrected chi connectivity index (χ3v) is 6.67. The highest BCUT2D eigenvalue weighted by Gasteiger charge is 2.26. The fourth-order valence-electron chi connectivity index (χ4n) is 4.67. The van der Waals surface area contributed by atoms with E-state index in [1.807, 2.05) is 37.3 Å². The van der Waals surface area contributed by atoms with Crippen LogP contribution in [0.25, 0.3) is 34.5 Å². The first-order chi connectivity index (χ1) is 18.9. The highest BCUT2D eigenvalue weighted by Crippen LogP contribution is 2.38. The molecule has 3 aromatic rings. The van der Waals surface area contributed by atoms with Crippen LogP contribution in [0.5, 0.6) is 5.75 Å². The van der Waals surface area contributed by atoms with E-state index in [-0.39, 0.29) is 23.5 Å². The molecule has 0 fully saturated rings.